The smallest absolute Gasteiger partial charge is 0.161 e. The van der Waals surface area contributed by atoms with Crippen LogP contribution in [-0.2, 0) is 0 Å². The summed E-state index contributed by atoms with van der Waals surface area (Å²) in [7, 11) is 0. The van der Waals surface area contributed by atoms with Gasteiger partial charge in [0.05, 0.1) is 17.7 Å². The van der Waals surface area contributed by atoms with Crippen LogP contribution in [0.1, 0.15) is 54.9 Å². The number of nitrogens with zero attached hydrogens (tertiary/aromatic N) is 1. The molecule has 0 saturated heterocycles. The van der Waals surface area contributed by atoms with Crippen LogP contribution in [0.5, 0.6) is 0 Å². The number of hydrogen-bond acceptors (Lipinski definition) is 4. The molecule has 4 nitrogen and oxygen atoms in total. The molecule has 0 bridgehead atoms. The van der Waals surface area contributed by atoms with Gasteiger partial charge < -0.3 is 10.4 Å². The first-order chi connectivity index (χ1) is 10.1. The summed E-state index contributed by atoms with van der Waals surface area (Å²) in [5.41, 5.74) is 1.70. The van der Waals surface area contributed by atoms with E-state index in [1.807, 2.05) is 0 Å². The van der Waals surface area contributed by atoms with E-state index in [0.717, 1.165) is 12.8 Å². The van der Waals surface area contributed by atoms with Crippen molar-refractivity contribution in [2.75, 3.05) is 11.9 Å². The summed E-state index contributed by atoms with van der Waals surface area (Å²) >= 11 is 0. The van der Waals surface area contributed by atoms with Crippen LogP contribution < -0.4 is 5.32 Å². The monoisotopic (exact) mass is 286 g/mol. The third-order valence-electron chi connectivity index (χ3n) is 4.22. The van der Waals surface area contributed by atoms with Gasteiger partial charge in [-0.15, -0.1) is 0 Å². The Kier molecular flexibility index (Phi) is 5.35. The molecule has 112 valence electrons. The van der Waals surface area contributed by atoms with Gasteiger partial charge in [-0.25, -0.2) is 0 Å². The number of anilines is 1. The molecular weight excluding hydrogens is 264 g/mol. The summed E-state index contributed by atoms with van der Waals surface area (Å²) in [6, 6.07) is 7.04. The van der Waals surface area contributed by atoms with Gasteiger partial charge in [-0.3, -0.25) is 4.79 Å². The van der Waals surface area contributed by atoms with E-state index >= 15 is 0 Å². The van der Waals surface area contributed by atoms with Crippen LogP contribution in [0, 0.1) is 17.2 Å². The van der Waals surface area contributed by atoms with E-state index in [-0.39, 0.29) is 5.78 Å². The number of nitriles is 1. The lowest BCUT2D eigenvalue weighted by Crippen LogP contribution is -2.30. The summed E-state index contributed by atoms with van der Waals surface area (Å²) in [6.45, 7) is 1.92. The second-order valence-corrected chi connectivity index (χ2v) is 5.77. The van der Waals surface area contributed by atoms with Gasteiger partial charge in [-0.2, -0.15) is 5.26 Å². The average molecular weight is 286 g/mol. The lowest BCUT2D eigenvalue weighted by molar-refractivity contribution is 0.0953. The summed E-state index contributed by atoms with van der Waals surface area (Å²) < 4.78 is 0. The van der Waals surface area contributed by atoms with E-state index in [9.17, 15) is 9.90 Å². The van der Waals surface area contributed by atoms with Crippen molar-refractivity contribution in [2.45, 2.75) is 45.1 Å². The Labute approximate surface area is 125 Å². The highest BCUT2D eigenvalue weighted by molar-refractivity contribution is 5.99. The Hall–Kier alpha value is -1.86. The number of nitrogens with one attached hydrogen (secondary N) is 1. The first-order valence-electron chi connectivity index (χ1n) is 7.59. The minimum Gasteiger partial charge on any atom is -0.391 e. The van der Waals surface area contributed by atoms with E-state index in [4.69, 9.17) is 5.26 Å². The molecular formula is C17H22N2O2. The highest BCUT2D eigenvalue weighted by atomic mass is 16.3. The zero-order valence-electron chi connectivity index (χ0n) is 12.4. The predicted octanol–water partition coefficient (Wildman–Crippen LogP) is 3.11. The molecule has 0 radical (unpaired) electrons. The molecule has 1 unspecified atom stereocenters. The number of hydrogen-bond donors (Lipinski definition) is 2. The molecule has 0 aliphatic heterocycles. The van der Waals surface area contributed by atoms with Crippen LogP contribution >= 0.6 is 0 Å². The van der Waals surface area contributed by atoms with Crippen LogP contribution in [-0.4, -0.2) is 23.5 Å². The molecule has 1 saturated carbocycles. The molecule has 0 heterocycles. The predicted molar refractivity (Wildman–Crippen MR) is 82.2 cm³/mol. The molecule has 4 heteroatoms. The van der Waals surface area contributed by atoms with Crippen LogP contribution in [0.2, 0.25) is 0 Å². The molecule has 1 aromatic carbocycles. The van der Waals surface area contributed by atoms with Gasteiger partial charge in [0, 0.05) is 17.8 Å². The molecule has 0 amide bonds. The van der Waals surface area contributed by atoms with E-state index < -0.39 is 6.10 Å². The van der Waals surface area contributed by atoms with E-state index in [1.54, 1.807) is 18.2 Å². The van der Waals surface area contributed by atoms with E-state index in [1.165, 1.54) is 26.2 Å². The number of Topliss-reactive ketones (excluding diaryl/α,β-unsaturated/α-hetero) is 1. The van der Waals surface area contributed by atoms with Crippen molar-refractivity contribution in [3.05, 3.63) is 29.3 Å². The topological polar surface area (TPSA) is 73.1 Å². The van der Waals surface area contributed by atoms with Gasteiger partial charge in [0.15, 0.2) is 5.78 Å². The fourth-order valence-corrected chi connectivity index (χ4v) is 2.97. The average Bonchev–Trinajstić information content (AvgIpc) is 2.52. The van der Waals surface area contributed by atoms with Crippen LogP contribution in [0.25, 0.3) is 0 Å². The molecule has 0 spiro atoms. The highest BCUT2D eigenvalue weighted by Crippen LogP contribution is 2.27. The fourth-order valence-electron chi connectivity index (χ4n) is 2.97. The summed E-state index contributed by atoms with van der Waals surface area (Å²) in [5.74, 6) is 0.292. The third-order valence-corrected chi connectivity index (χ3v) is 4.22. The molecule has 2 N–H and O–H groups in total. The maximum atomic E-state index is 11.6. The second-order valence-electron chi connectivity index (χ2n) is 5.77. The Morgan fingerprint density at radius 1 is 1.43 bits per heavy atom. The minimum absolute atomic E-state index is 0.0471. The van der Waals surface area contributed by atoms with Crippen molar-refractivity contribution in [1.82, 2.24) is 0 Å². The van der Waals surface area contributed by atoms with Crippen LogP contribution in [0.3, 0.4) is 0 Å². The molecule has 1 aliphatic carbocycles. The standard InChI is InChI=1S/C17H22N2O2/c1-12(20)15-8-7-13(10-18)9-16(15)19-11-17(21)14-5-3-2-4-6-14/h7-9,14,17,19,21H,2-6,11H2,1H3. The maximum Gasteiger partial charge on any atom is 0.161 e. The lowest BCUT2D eigenvalue weighted by Gasteiger charge is -2.27. The first-order valence-corrected chi connectivity index (χ1v) is 7.59. The van der Waals surface area contributed by atoms with Gasteiger partial charge in [-0.05, 0) is 43.9 Å². The molecule has 0 aromatic heterocycles. The van der Waals surface area contributed by atoms with Gasteiger partial charge in [-0.1, -0.05) is 19.3 Å². The van der Waals surface area contributed by atoms with Gasteiger partial charge in [0.25, 0.3) is 0 Å². The van der Waals surface area contributed by atoms with Gasteiger partial charge in [0.2, 0.25) is 0 Å². The Morgan fingerprint density at radius 2 is 2.14 bits per heavy atom. The number of carbonyl (C=O) groups is 1. The van der Waals surface area contributed by atoms with Crippen molar-refractivity contribution in [2.24, 2.45) is 5.92 Å². The maximum absolute atomic E-state index is 11.6. The van der Waals surface area contributed by atoms with E-state index in [2.05, 4.69) is 11.4 Å². The number of aliphatic hydroxyl groups is 1. The number of ketones is 1. The zero-order chi connectivity index (χ0) is 15.2. The molecule has 2 rings (SSSR count). The highest BCUT2D eigenvalue weighted by Gasteiger charge is 2.21. The Balaban J connectivity index is 2.04. The summed E-state index contributed by atoms with van der Waals surface area (Å²) in [4.78, 5) is 11.6. The van der Waals surface area contributed by atoms with Crippen LogP contribution in [0.4, 0.5) is 5.69 Å². The SMILES string of the molecule is CC(=O)c1ccc(C#N)cc1NCC(O)C1CCCCC1. The Bertz CT molecular complexity index is 542. The van der Waals surface area contributed by atoms with Crippen molar-refractivity contribution in [1.29, 1.82) is 5.26 Å². The normalized spacial score (nSPS) is 17.0. The quantitative estimate of drug-likeness (QED) is 0.816. The van der Waals surface area contributed by atoms with Gasteiger partial charge >= 0.3 is 0 Å². The molecule has 1 fully saturated rings. The minimum atomic E-state index is -0.407. The summed E-state index contributed by atoms with van der Waals surface area (Å²) in [6.07, 6.45) is 5.36. The van der Waals surface area contributed by atoms with Crippen molar-refractivity contribution < 1.29 is 9.90 Å². The number of aliphatic hydroxyl groups excluding tert-OH is 1. The van der Waals surface area contributed by atoms with Crippen molar-refractivity contribution in [3.8, 4) is 6.07 Å². The first kappa shape index (κ1) is 15.5. The third kappa shape index (κ3) is 4.05. The van der Waals surface area contributed by atoms with Crippen molar-refractivity contribution in [3.63, 3.8) is 0 Å². The number of benzene rings is 1. The van der Waals surface area contributed by atoms with Crippen molar-refractivity contribution >= 4 is 11.5 Å². The zero-order valence-corrected chi connectivity index (χ0v) is 12.4. The number of carbonyl (C=O) groups excluding carboxylic acids is 1. The largest absolute Gasteiger partial charge is 0.391 e. The molecule has 21 heavy (non-hydrogen) atoms. The fraction of sp³-hybridized carbons (Fsp3) is 0.529. The molecule has 1 atom stereocenters. The Morgan fingerprint density at radius 3 is 2.76 bits per heavy atom. The second kappa shape index (κ2) is 7.24. The van der Waals surface area contributed by atoms with E-state index in [0.29, 0.717) is 29.3 Å². The van der Waals surface area contributed by atoms with Gasteiger partial charge in [0.1, 0.15) is 0 Å². The molecule has 1 aliphatic rings. The lowest BCUT2D eigenvalue weighted by atomic mass is 9.85. The molecule has 1 aromatic rings. The summed E-state index contributed by atoms with van der Waals surface area (Å²) in [5, 5.41) is 22.4. The van der Waals surface area contributed by atoms with Crippen LogP contribution in [0.15, 0.2) is 18.2 Å². The number of rotatable bonds is 5.